The number of benzene rings is 1. The molecular formula is C20H16F5N5O2S. The summed E-state index contributed by atoms with van der Waals surface area (Å²) in [6, 6.07) is 2.73. The van der Waals surface area contributed by atoms with Gasteiger partial charge in [0.1, 0.15) is 17.3 Å². The third-order valence-electron chi connectivity index (χ3n) is 4.88. The van der Waals surface area contributed by atoms with Gasteiger partial charge in [-0.15, -0.1) is 0 Å². The summed E-state index contributed by atoms with van der Waals surface area (Å²) < 4.78 is 67.3. The van der Waals surface area contributed by atoms with Gasteiger partial charge in [-0.05, 0) is 25.1 Å². The third-order valence-corrected chi connectivity index (χ3v) is 4.88. The molecule has 3 aromatic rings. The van der Waals surface area contributed by atoms with E-state index in [-0.39, 0.29) is 42.7 Å². The van der Waals surface area contributed by atoms with Crippen LogP contribution in [0.25, 0.3) is 0 Å². The van der Waals surface area contributed by atoms with E-state index in [9.17, 15) is 31.5 Å². The Labute approximate surface area is 190 Å². The van der Waals surface area contributed by atoms with E-state index in [1.54, 1.807) is 6.92 Å². The van der Waals surface area contributed by atoms with Gasteiger partial charge in [0, 0.05) is 18.3 Å². The highest BCUT2D eigenvalue weighted by atomic mass is 32.1. The number of carbonyl (C=O) groups is 2. The van der Waals surface area contributed by atoms with E-state index in [0.29, 0.717) is 12.1 Å². The molecule has 1 aliphatic rings. The molecule has 2 aromatic heterocycles. The standard InChI is InChI=1S/C20H14F5N5O2.H2S/c1-10-9-29(13-2-3-15(16(22)5-13)20(23,24)25)19(32)17-14(8-27-30(10)17)18(31)28-12-4-11(21)6-26-7-12;/h2-8,10H,9H2,1H3,(H,28,31);1H2/t10-;/m0./s1. The van der Waals surface area contributed by atoms with Crippen molar-refractivity contribution in [3.8, 4) is 0 Å². The van der Waals surface area contributed by atoms with Gasteiger partial charge in [0.25, 0.3) is 11.8 Å². The predicted octanol–water partition coefficient (Wildman–Crippen LogP) is 4.16. The summed E-state index contributed by atoms with van der Waals surface area (Å²) >= 11 is 0. The maximum atomic E-state index is 14.1. The number of pyridine rings is 1. The van der Waals surface area contributed by atoms with Crippen molar-refractivity contribution in [2.45, 2.75) is 19.1 Å². The summed E-state index contributed by atoms with van der Waals surface area (Å²) in [4.78, 5) is 30.5. The normalized spacial score (nSPS) is 15.6. The second-order valence-electron chi connectivity index (χ2n) is 7.12. The fourth-order valence-corrected chi connectivity index (χ4v) is 3.43. The molecule has 174 valence electrons. The number of rotatable bonds is 3. The van der Waals surface area contributed by atoms with Gasteiger partial charge in [-0.3, -0.25) is 19.3 Å². The number of carbonyl (C=O) groups excluding carboxylic acids is 2. The van der Waals surface area contributed by atoms with Crippen molar-refractivity contribution >= 4 is 36.7 Å². The summed E-state index contributed by atoms with van der Waals surface area (Å²) in [7, 11) is 0. The van der Waals surface area contributed by atoms with Gasteiger partial charge in [-0.1, -0.05) is 0 Å². The zero-order valence-corrected chi connectivity index (χ0v) is 17.8. The summed E-state index contributed by atoms with van der Waals surface area (Å²) in [6.45, 7) is 1.67. The minimum absolute atomic E-state index is 0. The number of fused-ring (bicyclic) bond motifs is 1. The number of nitrogens with zero attached hydrogens (tertiary/aromatic N) is 4. The van der Waals surface area contributed by atoms with Crippen molar-refractivity contribution in [3.63, 3.8) is 0 Å². The van der Waals surface area contributed by atoms with Crippen molar-refractivity contribution in [2.75, 3.05) is 16.8 Å². The Morgan fingerprint density at radius 3 is 2.52 bits per heavy atom. The fourth-order valence-electron chi connectivity index (χ4n) is 3.43. The highest BCUT2D eigenvalue weighted by Crippen LogP contribution is 2.35. The van der Waals surface area contributed by atoms with Crippen LogP contribution in [0.5, 0.6) is 0 Å². The van der Waals surface area contributed by atoms with Crippen molar-refractivity contribution in [1.29, 1.82) is 0 Å². The lowest BCUT2D eigenvalue weighted by molar-refractivity contribution is -0.139. The van der Waals surface area contributed by atoms with Crippen LogP contribution in [0.15, 0.2) is 42.9 Å². The molecule has 0 saturated carbocycles. The number of anilines is 2. The van der Waals surface area contributed by atoms with Crippen LogP contribution in [0.2, 0.25) is 0 Å². The topological polar surface area (TPSA) is 80.1 Å². The van der Waals surface area contributed by atoms with Crippen LogP contribution >= 0.6 is 13.5 Å². The lowest BCUT2D eigenvalue weighted by Crippen LogP contribution is -2.43. The predicted molar refractivity (Wildman–Crippen MR) is 113 cm³/mol. The Morgan fingerprint density at radius 2 is 1.88 bits per heavy atom. The highest BCUT2D eigenvalue weighted by molar-refractivity contribution is 7.59. The van der Waals surface area contributed by atoms with Gasteiger partial charge in [0.2, 0.25) is 0 Å². The Balaban J connectivity index is 0.00000306. The zero-order chi connectivity index (χ0) is 23.2. The number of hydrogen-bond acceptors (Lipinski definition) is 4. The summed E-state index contributed by atoms with van der Waals surface area (Å²) in [5.74, 6) is -3.71. The molecule has 2 amide bonds. The molecule has 0 unspecified atom stereocenters. The van der Waals surface area contributed by atoms with Crippen LogP contribution in [0, 0.1) is 11.6 Å². The van der Waals surface area contributed by atoms with Crippen LogP contribution in [0.4, 0.5) is 33.3 Å². The molecule has 0 bridgehead atoms. The lowest BCUT2D eigenvalue weighted by Gasteiger charge is -2.32. The third kappa shape index (κ3) is 4.53. The van der Waals surface area contributed by atoms with E-state index in [0.717, 1.165) is 29.4 Å². The summed E-state index contributed by atoms with van der Waals surface area (Å²) in [5.41, 5.74) is -1.77. The molecule has 4 rings (SSSR count). The van der Waals surface area contributed by atoms with E-state index < -0.39 is 41.2 Å². The number of amides is 2. The molecule has 1 atom stereocenters. The summed E-state index contributed by atoms with van der Waals surface area (Å²) in [5, 5.41) is 6.46. The van der Waals surface area contributed by atoms with Gasteiger partial charge < -0.3 is 10.2 Å². The number of hydrogen-bond donors (Lipinski definition) is 1. The maximum absolute atomic E-state index is 14.1. The fraction of sp³-hybridized carbons (Fsp3) is 0.200. The Hall–Kier alpha value is -3.48. The van der Waals surface area contributed by atoms with E-state index >= 15 is 0 Å². The van der Waals surface area contributed by atoms with Crippen LogP contribution in [-0.2, 0) is 6.18 Å². The number of halogens is 5. The largest absolute Gasteiger partial charge is 0.419 e. The number of alkyl halides is 3. The second kappa shape index (κ2) is 8.81. The van der Waals surface area contributed by atoms with E-state index in [1.165, 1.54) is 10.9 Å². The lowest BCUT2D eigenvalue weighted by atomic mass is 10.1. The molecule has 1 aromatic carbocycles. The van der Waals surface area contributed by atoms with Crippen molar-refractivity contribution < 1.29 is 31.5 Å². The molecule has 0 fully saturated rings. The second-order valence-corrected chi connectivity index (χ2v) is 7.12. The van der Waals surface area contributed by atoms with E-state index in [1.807, 2.05) is 0 Å². The maximum Gasteiger partial charge on any atom is 0.419 e. The molecule has 7 nitrogen and oxygen atoms in total. The van der Waals surface area contributed by atoms with Gasteiger partial charge in [0.05, 0.1) is 41.4 Å². The SMILES string of the molecule is C[C@H]1CN(c2ccc(C(F)(F)F)c(F)c2)C(=O)c2c(C(=O)Nc3cncc(F)c3)cnn21.S. The minimum Gasteiger partial charge on any atom is -0.320 e. The smallest absolute Gasteiger partial charge is 0.320 e. The van der Waals surface area contributed by atoms with Crippen LogP contribution in [-0.4, -0.2) is 33.1 Å². The van der Waals surface area contributed by atoms with Gasteiger partial charge >= 0.3 is 6.18 Å². The minimum atomic E-state index is -4.88. The van der Waals surface area contributed by atoms with E-state index in [2.05, 4.69) is 15.4 Å². The van der Waals surface area contributed by atoms with Gasteiger partial charge in [-0.25, -0.2) is 8.78 Å². The first-order valence-electron chi connectivity index (χ1n) is 9.24. The van der Waals surface area contributed by atoms with Crippen LogP contribution in [0.1, 0.15) is 39.4 Å². The molecule has 0 spiro atoms. The molecule has 0 radical (unpaired) electrons. The van der Waals surface area contributed by atoms with Crippen LogP contribution < -0.4 is 10.2 Å². The van der Waals surface area contributed by atoms with E-state index in [4.69, 9.17) is 0 Å². The first-order valence-corrected chi connectivity index (χ1v) is 9.24. The average Bonchev–Trinajstić information content (AvgIpc) is 3.16. The van der Waals surface area contributed by atoms with Gasteiger partial charge in [0.15, 0.2) is 0 Å². The molecule has 33 heavy (non-hydrogen) atoms. The monoisotopic (exact) mass is 485 g/mol. The van der Waals surface area contributed by atoms with Crippen LogP contribution in [0.3, 0.4) is 0 Å². The van der Waals surface area contributed by atoms with Gasteiger partial charge in [-0.2, -0.15) is 31.8 Å². The highest BCUT2D eigenvalue weighted by Gasteiger charge is 2.37. The molecule has 1 N–H and O–H groups in total. The Bertz CT molecular complexity index is 1230. The number of aromatic nitrogens is 3. The number of nitrogens with one attached hydrogen (secondary N) is 1. The first kappa shape index (κ1) is 24.2. The Morgan fingerprint density at radius 1 is 1.15 bits per heavy atom. The molecule has 13 heteroatoms. The van der Waals surface area contributed by atoms with Crippen molar-refractivity contribution in [3.05, 3.63) is 71.3 Å². The Kier molecular flexibility index (Phi) is 6.45. The molecular weight excluding hydrogens is 469 g/mol. The molecule has 0 saturated heterocycles. The zero-order valence-electron chi connectivity index (χ0n) is 16.8. The van der Waals surface area contributed by atoms with Crippen molar-refractivity contribution in [2.24, 2.45) is 0 Å². The first-order chi connectivity index (χ1) is 15.1. The molecule has 1 aliphatic heterocycles. The summed E-state index contributed by atoms with van der Waals surface area (Å²) in [6.07, 6.45) is -1.57. The van der Waals surface area contributed by atoms with Crippen molar-refractivity contribution in [1.82, 2.24) is 14.8 Å². The molecule has 3 heterocycles. The molecule has 0 aliphatic carbocycles. The quantitative estimate of drug-likeness (QED) is 0.565. The average molecular weight is 485 g/mol.